The molecule has 0 saturated carbocycles. The van der Waals surface area contributed by atoms with Crippen molar-refractivity contribution in [1.82, 2.24) is 0 Å². The highest BCUT2D eigenvalue weighted by molar-refractivity contribution is 8.16. The largest absolute Gasteiger partial charge is 0.313 e. The molecule has 29 heavy (non-hydrogen) atoms. The molecule has 1 amide bonds. The fourth-order valence-electron chi connectivity index (χ4n) is 3.74. The van der Waals surface area contributed by atoms with Gasteiger partial charge in [-0.05, 0) is 30.5 Å². The molecule has 2 aliphatic heterocycles. The topological polar surface area (TPSA) is 66.8 Å². The van der Waals surface area contributed by atoms with Crippen molar-refractivity contribution in [2.24, 2.45) is 4.99 Å². The molecular formula is C21H21FN2O3S2. The van der Waals surface area contributed by atoms with E-state index in [1.807, 2.05) is 30.3 Å². The molecule has 2 aromatic carbocycles. The van der Waals surface area contributed by atoms with E-state index in [1.165, 1.54) is 17.8 Å². The Hall–Kier alpha value is -2.19. The van der Waals surface area contributed by atoms with E-state index in [0.29, 0.717) is 11.6 Å². The zero-order chi connectivity index (χ0) is 20.4. The Balaban J connectivity index is 1.52. The summed E-state index contributed by atoms with van der Waals surface area (Å²) in [6, 6.07) is 15.7. The molecule has 0 spiro atoms. The van der Waals surface area contributed by atoms with Gasteiger partial charge in [-0.15, -0.1) is 0 Å². The highest BCUT2D eigenvalue weighted by Gasteiger charge is 2.49. The monoisotopic (exact) mass is 432 g/mol. The molecule has 0 N–H and O–H groups in total. The van der Waals surface area contributed by atoms with Gasteiger partial charge in [0.2, 0.25) is 5.91 Å². The van der Waals surface area contributed by atoms with E-state index in [0.717, 1.165) is 12.0 Å². The number of aliphatic imine (C=N–C) groups is 1. The van der Waals surface area contributed by atoms with E-state index in [9.17, 15) is 17.6 Å². The fourth-order valence-corrected chi connectivity index (χ4v) is 7.67. The summed E-state index contributed by atoms with van der Waals surface area (Å²) >= 11 is 1.26. The van der Waals surface area contributed by atoms with Gasteiger partial charge in [-0.3, -0.25) is 4.79 Å². The fraction of sp³-hybridized carbons (Fsp3) is 0.333. The molecule has 0 aliphatic carbocycles. The first-order valence-corrected chi connectivity index (χ1v) is 12.2. The number of rotatable bonds is 5. The summed E-state index contributed by atoms with van der Waals surface area (Å²) in [6.07, 6.45) is 1.74. The maximum Gasteiger partial charge on any atom is 0.248 e. The summed E-state index contributed by atoms with van der Waals surface area (Å²) in [7, 11) is -3.18. The van der Waals surface area contributed by atoms with Gasteiger partial charge in [-0.1, -0.05) is 54.2 Å². The molecule has 0 aromatic heterocycles. The Morgan fingerprint density at radius 1 is 1.10 bits per heavy atom. The van der Waals surface area contributed by atoms with Crippen molar-refractivity contribution in [3.63, 3.8) is 0 Å². The van der Waals surface area contributed by atoms with Gasteiger partial charge in [-0.2, -0.15) is 4.99 Å². The van der Waals surface area contributed by atoms with Crippen LogP contribution in [0.5, 0.6) is 0 Å². The Labute approximate surface area is 173 Å². The van der Waals surface area contributed by atoms with Crippen LogP contribution in [0.1, 0.15) is 18.4 Å². The molecule has 0 radical (unpaired) electrons. The maximum absolute atomic E-state index is 14.5. The summed E-state index contributed by atoms with van der Waals surface area (Å²) in [5.74, 6) is -0.760. The van der Waals surface area contributed by atoms with Gasteiger partial charge in [0.25, 0.3) is 0 Å². The first-order chi connectivity index (χ1) is 13.9. The number of fused-ring (bicyclic) bond motifs is 1. The summed E-state index contributed by atoms with van der Waals surface area (Å²) in [4.78, 5) is 18.3. The zero-order valence-corrected chi connectivity index (χ0v) is 17.3. The van der Waals surface area contributed by atoms with Crippen molar-refractivity contribution in [1.29, 1.82) is 0 Å². The minimum Gasteiger partial charge on any atom is -0.313 e. The molecular weight excluding hydrogens is 411 g/mol. The number of halogens is 1. The molecule has 152 valence electrons. The van der Waals surface area contributed by atoms with E-state index in [2.05, 4.69) is 4.99 Å². The number of amides is 1. The second-order valence-electron chi connectivity index (χ2n) is 7.25. The van der Waals surface area contributed by atoms with Crippen molar-refractivity contribution in [3.05, 3.63) is 66.0 Å². The maximum atomic E-state index is 14.5. The number of carbonyl (C=O) groups is 1. The number of hydrogen-bond acceptors (Lipinski definition) is 4. The molecule has 2 heterocycles. The molecule has 2 aromatic rings. The Kier molecular flexibility index (Phi) is 5.74. The van der Waals surface area contributed by atoms with E-state index >= 15 is 0 Å². The molecule has 2 fully saturated rings. The SMILES string of the molecule is O=C(CCCc1ccccc1)N=C1S[C@@H]2CS(=O)(=O)C[C@H]2N1c1ccccc1F. The van der Waals surface area contributed by atoms with Gasteiger partial charge in [0.15, 0.2) is 15.0 Å². The van der Waals surface area contributed by atoms with Crippen LogP contribution in [0.4, 0.5) is 10.1 Å². The van der Waals surface area contributed by atoms with Gasteiger partial charge < -0.3 is 4.90 Å². The van der Waals surface area contributed by atoms with E-state index in [-0.39, 0.29) is 34.8 Å². The minimum absolute atomic E-state index is 0.0223. The Bertz CT molecular complexity index is 1040. The number of carbonyl (C=O) groups excluding carboxylic acids is 1. The normalized spacial score (nSPS) is 24.0. The summed E-state index contributed by atoms with van der Waals surface area (Å²) in [6.45, 7) is 0. The third kappa shape index (κ3) is 4.53. The second kappa shape index (κ2) is 8.28. The third-order valence-corrected chi connectivity index (χ3v) is 8.31. The van der Waals surface area contributed by atoms with Crippen molar-refractivity contribution in [2.45, 2.75) is 30.6 Å². The number of anilines is 1. The second-order valence-corrected chi connectivity index (χ2v) is 10.6. The van der Waals surface area contributed by atoms with Crippen LogP contribution < -0.4 is 4.90 Å². The Morgan fingerprint density at radius 3 is 2.59 bits per heavy atom. The number of thioether (sulfide) groups is 1. The van der Waals surface area contributed by atoms with Crippen LogP contribution in [-0.2, 0) is 21.1 Å². The third-order valence-electron chi connectivity index (χ3n) is 5.10. The van der Waals surface area contributed by atoms with Crippen molar-refractivity contribution in [3.8, 4) is 0 Å². The van der Waals surface area contributed by atoms with Crippen LogP contribution >= 0.6 is 11.8 Å². The average molecular weight is 433 g/mol. The van der Waals surface area contributed by atoms with E-state index in [4.69, 9.17) is 0 Å². The van der Waals surface area contributed by atoms with Gasteiger partial charge in [0.1, 0.15) is 5.82 Å². The molecule has 2 atom stereocenters. The minimum atomic E-state index is -3.18. The number of nitrogens with zero attached hydrogens (tertiary/aromatic N) is 2. The van der Waals surface area contributed by atoms with Crippen LogP contribution in [0.3, 0.4) is 0 Å². The van der Waals surface area contributed by atoms with Crippen LogP contribution in [0.25, 0.3) is 0 Å². The number of hydrogen-bond donors (Lipinski definition) is 0. The summed E-state index contributed by atoms with van der Waals surface area (Å²) in [5, 5.41) is 0.153. The quantitative estimate of drug-likeness (QED) is 0.724. The highest BCUT2D eigenvalue weighted by Crippen LogP contribution is 2.41. The zero-order valence-electron chi connectivity index (χ0n) is 15.7. The highest BCUT2D eigenvalue weighted by atomic mass is 32.2. The van der Waals surface area contributed by atoms with Crippen LogP contribution in [0.15, 0.2) is 59.6 Å². The first-order valence-electron chi connectivity index (χ1n) is 9.49. The number of aryl methyl sites for hydroxylation is 1. The lowest BCUT2D eigenvalue weighted by molar-refractivity contribution is -0.117. The molecule has 0 bridgehead atoms. The van der Waals surface area contributed by atoms with Crippen molar-refractivity contribution < 1.29 is 17.6 Å². The molecule has 5 nitrogen and oxygen atoms in total. The van der Waals surface area contributed by atoms with E-state index in [1.54, 1.807) is 23.1 Å². The van der Waals surface area contributed by atoms with Crippen LogP contribution in [0.2, 0.25) is 0 Å². The van der Waals surface area contributed by atoms with Gasteiger partial charge in [0, 0.05) is 11.7 Å². The van der Waals surface area contributed by atoms with Gasteiger partial charge >= 0.3 is 0 Å². The molecule has 2 aliphatic rings. The van der Waals surface area contributed by atoms with Crippen LogP contribution in [0, 0.1) is 5.82 Å². The lowest BCUT2D eigenvalue weighted by Gasteiger charge is -2.24. The van der Waals surface area contributed by atoms with Gasteiger partial charge in [0.05, 0.1) is 23.2 Å². The van der Waals surface area contributed by atoms with Gasteiger partial charge in [-0.25, -0.2) is 12.8 Å². The summed E-state index contributed by atoms with van der Waals surface area (Å²) in [5.41, 5.74) is 1.43. The predicted molar refractivity (Wildman–Crippen MR) is 115 cm³/mol. The molecule has 8 heteroatoms. The summed E-state index contributed by atoms with van der Waals surface area (Å²) < 4.78 is 38.6. The lowest BCUT2D eigenvalue weighted by Crippen LogP contribution is -2.38. The number of para-hydroxylation sites is 1. The number of amidine groups is 1. The smallest absolute Gasteiger partial charge is 0.248 e. The molecule has 0 unspecified atom stereocenters. The first kappa shape index (κ1) is 20.1. The van der Waals surface area contributed by atoms with E-state index < -0.39 is 21.7 Å². The standard InChI is InChI=1S/C21H21FN2O3S2/c22-16-10-4-5-11-17(16)24-18-13-29(26,27)14-19(18)28-21(24)23-20(25)12-6-9-15-7-2-1-3-8-15/h1-5,7-8,10-11,18-19H,6,9,12-14H2/t18-,19-/m1/s1. The lowest BCUT2D eigenvalue weighted by atomic mass is 10.1. The van der Waals surface area contributed by atoms with Crippen molar-refractivity contribution in [2.75, 3.05) is 16.4 Å². The molecule has 4 rings (SSSR count). The number of benzene rings is 2. The predicted octanol–water partition coefficient (Wildman–Crippen LogP) is 3.45. The van der Waals surface area contributed by atoms with Crippen molar-refractivity contribution >= 4 is 38.4 Å². The molecule has 2 saturated heterocycles. The number of sulfone groups is 1. The average Bonchev–Trinajstić information content (AvgIpc) is 3.14. The van der Waals surface area contributed by atoms with Crippen LogP contribution in [-0.4, -0.2) is 42.3 Å². The Morgan fingerprint density at radius 2 is 1.83 bits per heavy atom.